The Morgan fingerprint density at radius 3 is 1.19 bits per heavy atom. The topological polar surface area (TPSA) is 61.4 Å². The highest BCUT2D eigenvalue weighted by molar-refractivity contribution is 5.57. The first-order chi connectivity index (χ1) is 16.8. The normalized spacial score (nSPS) is 13.2. The van der Waals surface area contributed by atoms with Crippen LogP contribution in [0.15, 0.2) is 73.1 Å². The van der Waals surface area contributed by atoms with Gasteiger partial charge < -0.3 is 0 Å². The Kier molecular flexibility index (Phi) is 6.31. The molecule has 2 heterocycles. The summed E-state index contributed by atoms with van der Waals surface area (Å²) in [5.41, 5.74) is 0.760. The van der Waals surface area contributed by atoms with Gasteiger partial charge in [0.1, 0.15) is 24.5 Å². The Bertz CT molecular complexity index is 1200. The van der Waals surface area contributed by atoms with Crippen molar-refractivity contribution in [1.82, 2.24) is 30.0 Å². The molecule has 0 aliphatic heterocycles. The Labute approximate surface area is 198 Å². The molecule has 0 spiro atoms. The van der Waals surface area contributed by atoms with Crippen LogP contribution in [-0.2, 0) is 13.1 Å². The number of halogens is 8. The lowest BCUT2D eigenvalue weighted by Crippen LogP contribution is -2.64. The summed E-state index contributed by atoms with van der Waals surface area (Å²) in [5.74, 6) is -24.2. The van der Waals surface area contributed by atoms with Crippen molar-refractivity contribution in [2.75, 3.05) is 0 Å². The zero-order valence-electron chi connectivity index (χ0n) is 18.0. The number of hydrogen-bond acceptors (Lipinski definition) is 4. The van der Waals surface area contributed by atoms with Crippen LogP contribution in [0.4, 0.5) is 35.1 Å². The molecule has 0 bridgehead atoms. The molecule has 4 rings (SSSR count). The van der Waals surface area contributed by atoms with E-state index in [-0.39, 0.29) is 20.8 Å². The summed E-state index contributed by atoms with van der Waals surface area (Å²) in [6, 6.07) is 15.7. The summed E-state index contributed by atoms with van der Waals surface area (Å²) in [5, 5.41) is 13.5. The minimum Gasteiger partial charge on any atom is -0.246 e. The molecule has 190 valence electrons. The molecular formula is C22H16F8N6. The summed E-state index contributed by atoms with van der Waals surface area (Å²) in [4.78, 5) is 0. The van der Waals surface area contributed by atoms with Gasteiger partial charge in [0.05, 0.1) is 12.4 Å². The van der Waals surface area contributed by atoms with Crippen LogP contribution in [0.25, 0.3) is 22.5 Å². The largest absolute Gasteiger partial charge is 0.380 e. The quantitative estimate of drug-likeness (QED) is 0.278. The molecule has 0 N–H and O–H groups in total. The van der Waals surface area contributed by atoms with E-state index < -0.39 is 36.8 Å². The van der Waals surface area contributed by atoms with E-state index in [2.05, 4.69) is 20.6 Å². The molecule has 14 heteroatoms. The third kappa shape index (κ3) is 4.54. The van der Waals surface area contributed by atoms with E-state index in [1.165, 1.54) is 24.3 Å². The van der Waals surface area contributed by atoms with E-state index in [9.17, 15) is 35.1 Å². The third-order valence-corrected chi connectivity index (χ3v) is 5.25. The number of aromatic nitrogens is 6. The van der Waals surface area contributed by atoms with Crippen molar-refractivity contribution < 1.29 is 35.1 Å². The smallest absolute Gasteiger partial charge is 0.246 e. The molecule has 0 unspecified atom stereocenters. The molecule has 2 aromatic carbocycles. The Morgan fingerprint density at radius 2 is 0.861 bits per heavy atom. The predicted molar refractivity (Wildman–Crippen MR) is 111 cm³/mol. The predicted octanol–water partition coefficient (Wildman–Crippen LogP) is 5.45. The molecule has 0 amide bonds. The van der Waals surface area contributed by atoms with Crippen molar-refractivity contribution in [2.45, 2.75) is 36.8 Å². The zero-order valence-corrected chi connectivity index (χ0v) is 18.0. The minimum atomic E-state index is -6.47. The molecule has 0 saturated carbocycles. The van der Waals surface area contributed by atoms with Crippen LogP contribution in [0.3, 0.4) is 0 Å². The fourth-order valence-corrected chi connectivity index (χ4v) is 3.30. The minimum absolute atomic E-state index is 0.00721. The van der Waals surface area contributed by atoms with Crippen molar-refractivity contribution in [3.63, 3.8) is 0 Å². The van der Waals surface area contributed by atoms with Crippen LogP contribution in [-0.4, -0.2) is 53.7 Å². The van der Waals surface area contributed by atoms with Crippen molar-refractivity contribution >= 4 is 0 Å². The SMILES string of the molecule is FC(F)(Cn1cc(-c2ccccc2)nn1)C(F)(F)C(F)(F)C(F)(F)Cn1cc(-c2ccccc2)nn1. The monoisotopic (exact) mass is 516 g/mol. The highest BCUT2D eigenvalue weighted by atomic mass is 19.4. The lowest BCUT2D eigenvalue weighted by Gasteiger charge is -2.36. The van der Waals surface area contributed by atoms with Crippen LogP contribution < -0.4 is 0 Å². The average Bonchev–Trinajstić information content (AvgIpc) is 3.49. The van der Waals surface area contributed by atoms with Gasteiger partial charge >= 0.3 is 23.7 Å². The summed E-state index contributed by atoms with van der Waals surface area (Å²) in [6.45, 7) is -4.24. The first kappa shape index (κ1) is 25.3. The van der Waals surface area contributed by atoms with Gasteiger partial charge in [-0.15, -0.1) is 10.2 Å². The molecule has 2 aromatic heterocycles. The number of hydrogen-bond donors (Lipinski definition) is 0. The average molecular weight is 516 g/mol. The van der Waals surface area contributed by atoms with E-state index in [1.54, 1.807) is 36.4 Å². The maximum absolute atomic E-state index is 14.4. The molecule has 0 atom stereocenters. The summed E-state index contributed by atoms with van der Waals surface area (Å²) in [7, 11) is 0. The standard InChI is InChI=1S/C22H16F8N6/c23-19(24,13-35-11-17(31-33-35)15-7-3-1-4-8-15)21(27,28)22(29,30)20(25,26)14-36-12-18(32-34-36)16-9-5-2-6-10-16/h1-12H,13-14H2. The molecule has 0 saturated heterocycles. The van der Waals surface area contributed by atoms with Gasteiger partial charge in [-0.3, -0.25) is 0 Å². The number of alkyl halides is 8. The zero-order chi connectivity index (χ0) is 26.2. The second-order valence-electron chi connectivity index (χ2n) is 7.89. The molecular weight excluding hydrogens is 500 g/mol. The molecule has 4 aromatic rings. The van der Waals surface area contributed by atoms with Crippen molar-refractivity contribution in [3.8, 4) is 22.5 Å². The van der Waals surface area contributed by atoms with E-state index >= 15 is 0 Å². The van der Waals surface area contributed by atoms with Gasteiger partial charge in [0.15, 0.2) is 0 Å². The molecule has 6 nitrogen and oxygen atoms in total. The molecule has 0 aliphatic rings. The highest BCUT2D eigenvalue weighted by Crippen LogP contribution is 2.53. The Morgan fingerprint density at radius 1 is 0.528 bits per heavy atom. The maximum atomic E-state index is 14.4. The van der Waals surface area contributed by atoms with Gasteiger partial charge in [-0.2, -0.15) is 35.1 Å². The van der Waals surface area contributed by atoms with E-state index in [0.29, 0.717) is 11.1 Å². The molecule has 0 fully saturated rings. The number of rotatable bonds is 9. The van der Waals surface area contributed by atoms with Gasteiger partial charge in [-0.1, -0.05) is 71.1 Å². The fourth-order valence-electron chi connectivity index (χ4n) is 3.30. The van der Waals surface area contributed by atoms with E-state index in [1.807, 2.05) is 0 Å². The van der Waals surface area contributed by atoms with Crippen molar-refractivity contribution in [3.05, 3.63) is 73.1 Å². The lowest BCUT2D eigenvalue weighted by atomic mass is 9.98. The van der Waals surface area contributed by atoms with Crippen LogP contribution in [0.2, 0.25) is 0 Å². The summed E-state index contributed by atoms with van der Waals surface area (Å²) in [6.07, 6.45) is 1.63. The first-order valence-corrected chi connectivity index (χ1v) is 10.3. The maximum Gasteiger partial charge on any atom is 0.380 e. The van der Waals surface area contributed by atoms with Gasteiger partial charge in [0.25, 0.3) is 0 Å². The van der Waals surface area contributed by atoms with Gasteiger partial charge in [0, 0.05) is 11.1 Å². The Hall–Kier alpha value is -3.84. The molecule has 36 heavy (non-hydrogen) atoms. The fraction of sp³-hybridized carbons (Fsp3) is 0.273. The summed E-state index contributed by atoms with van der Waals surface area (Å²) < 4.78 is 115. The van der Waals surface area contributed by atoms with Gasteiger partial charge in [-0.05, 0) is 0 Å². The van der Waals surface area contributed by atoms with Crippen LogP contribution >= 0.6 is 0 Å². The van der Waals surface area contributed by atoms with E-state index in [4.69, 9.17) is 0 Å². The van der Waals surface area contributed by atoms with Crippen LogP contribution in [0, 0.1) is 0 Å². The third-order valence-electron chi connectivity index (χ3n) is 5.25. The first-order valence-electron chi connectivity index (χ1n) is 10.3. The van der Waals surface area contributed by atoms with Crippen molar-refractivity contribution in [2.24, 2.45) is 0 Å². The second-order valence-corrected chi connectivity index (χ2v) is 7.89. The van der Waals surface area contributed by atoms with Crippen LogP contribution in [0.1, 0.15) is 0 Å². The van der Waals surface area contributed by atoms with Gasteiger partial charge in [-0.25, -0.2) is 9.36 Å². The van der Waals surface area contributed by atoms with Crippen LogP contribution in [0.5, 0.6) is 0 Å². The number of benzene rings is 2. The van der Waals surface area contributed by atoms with Gasteiger partial charge in [0.2, 0.25) is 0 Å². The number of nitrogens with zero attached hydrogens (tertiary/aromatic N) is 6. The highest BCUT2D eigenvalue weighted by Gasteiger charge is 2.80. The Balaban J connectivity index is 1.53. The second kappa shape index (κ2) is 8.99. The molecule has 0 aliphatic carbocycles. The summed E-state index contributed by atoms with van der Waals surface area (Å²) >= 11 is 0. The molecule has 0 radical (unpaired) electrons. The van der Waals surface area contributed by atoms with Crippen molar-refractivity contribution in [1.29, 1.82) is 0 Å². The lowest BCUT2D eigenvalue weighted by molar-refractivity contribution is -0.370. The van der Waals surface area contributed by atoms with E-state index in [0.717, 1.165) is 12.4 Å².